The van der Waals surface area contributed by atoms with Crippen molar-refractivity contribution in [2.75, 3.05) is 26.4 Å². The molecule has 1 N–H and O–H groups in total. The number of aliphatic hydroxyl groups excluding tert-OH is 1. The van der Waals surface area contributed by atoms with Crippen molar-refractivity contribution >= 4 is 22.2 Å². The van der Waals surface area contributed by atoms with E-state index in [2.05, 4.69) is 15.9 Å². The maximum atomic E-state index is 10.7. The molecule has 0 aliphatic carbocycles. The molecule has 0 atom stereocenters. The van der Waals surface area contributed by atoms with E-state index < -0.39 is 0 Å². The second kappa shape index (κ2) is 7.38. The van der Waals surface area contributed by atoms with Crippen molar-refractivity contribution in [1.29, 1.82) is 0 Å². The highest BCUT2D eigenvalue weighted by Gasteiger charge is 2.01. The molecular formula is C11H13BrO4. The van der Waals surface area contributed by atoms with E-state index in [1.165, 1.54) is 0 Å². The van der Waals surface area contributed by atoms with Crippen molar-refractivity contribution < 1.29 is 19.4 Å². The van der Waals surface area contributed by atoms with Crippen molar-refractivity contribution in [2.45, 2.75) is 0 Å². The number of aliphatic hydroxyl groups is 1. The zero-order chi connectivity index (χ0) is 11.8. The van der Waals surface area contributed by atoms with E-state index in [4.69, 9.17) is 14.6 Å². The van der Waals surface area contributed by atoms with Gasteiger partial charge in [0.15, 0.2) is 6.29 Å². The monoisotopic (exact) mass is 288 g/mol. The predicted octanol–water partition coefficient (Wildman–Crippen LogP) is 1.65. The first-order valence-corrected chi connectivity index (χ1v) is 5.63. The summed E-state index contributed by atoms with van der Waals surface area (Å²) in [5, 5.41) is 8.47. The number of hydrogen-bond acceptors (Lipinski definition) is 4. The summed E-state index contributed by atoms with van der Waals surface area (Å²) in [6.45, 7) is 1.11. The number of ether oxygens (including phenoxy) is 2. The van der Waals surface area contributed by atoms with Crippen LogP contribution in [0.5, 0.6) is 5.75 Å². The Hall–Kier alpha value is -0.910. The molecule has 0 amide bonds. The maximum Gasteiger partial charge on any atom is 0.151 e. The molecule has 4 nitrogen and oxygen atoms in total. The molecule has 1 aromatic carbocycles. The Balaban J connectivity index is 2.39. The molecule has 0 aromatic heterocycles. The van der Waals surface area contributed by atoms with Gasteiger partial charge in [0, 0.05) is 10.0 Å². The third kappa shape index (κ3) is 4.30. The van der Waals surface area contributed by atoms with Crippen LogP contribution in [-0.4, -0.2) is 37.8 Å². The first-order chi connectivity index (χ1) is 7.77. The molecule has 0 radical (unpaired) electrons. The van der Waals surface area contributed by atoms with E-state index in [-0.39, 0.29) is 6.61 Å². The second-order valence-corrected chi connectivity index (χ2v) is 3.84. The van der Waals surface area contributed by atoms with Crippen LogP contribution in [0.3, 0.4) is 0 Å². The lowest BCUT2D eigenvalue weighted by molar-refractivity contribution is 0.0705. The minimum absolute atomic E-state index is 0.00751. The zero-order valence-electron chi connectivity index (χ0n) is 8.69. The molecule has 0 spiro atoms. The van der Waals surface area contributed by atoms with Crippen LogP contribution in [-0.2, 0) is 4.74 Å². The van der Waals surface area contributed by atoms with Crippen molar-refractivity contribution in [1.82, 2.24) is 0 Å². The molecule has 0 fully saturated rings. The van der Waals surface area contributed by atoms with Crippen molar-refractivity contribution in [3.63, 3.8) is 0 Å². The Kier molecular flexibility index (Phi) is 6.07. The molecule has 88 valence electrons. The Morgan fingerprint density at radius 1 is 1.31 bits per heavy atom. The van der Waals surface area contributed by atoms with Crippen LogP contribution >= 0.6 is 15.9 Å². The lowest BCUT2D eigenvalue weighted by Crippen LogP contribution is -2.09. The van der Waals surface area contributed by atoms with Crippen LogP contribution in [0.1, 0.15) is 10.4 Å². The summed E-state index contributed by atoms with van der Waals surface area (Å²) in [6.07, 6.45) is 0.763. The van der Waals surface area contributed by atoms with Gasteiger partial charge in [-0.05, 0) is 18.2 Å². The minimum atomic E-state index is 0.00751. The summed E-state index contributed by atoms with van der Waals surface area (Å²) in [7, 11) is 0. The molecule has 16 heavy (non-hydrogen) atoms. The summed E-state index contributed by atoms with van der Waals surface area (Å²) in [5.74, 6) is 0.623. The Labute approximate surface area is 102 Å². The molecule has 0 saturated heterocycles. The topological polar surface area (TPSA) is 55.8 Å². The highest BCUT2D eigenvalue weighted by atomic mass is 79.9. The number of benzene rings is 1. The van der Waals surface area contributed by atoms with E-state index in [0.29, 0.717) is 31.1 Å². The lowest BCUT2D eigenvalue weighted by Gasteiger charge is -2.07. The van der Waals surface area contributed by atoms with E-state index in [1.807, 2.05) is 0 Å². The van der Waals surface area contributed by atoms with Crippen LogP contribution in [0, 0.1) is 0 Å². The number of carbonyl (C=O) groups is 1. The molecule has 0 unspecified atom stereocenters. The smallest absolute Gasteiger partial charge is 0.151 e. The normalized spacial score (nSPS) is 10.1. The van der Waals surface area contributed by atoms with E-state index in [9.17, 15) is 4.79 Å². The molecule has 0 heterocycles. The summed E-state index contributed by atoms with van der Waals surface area (Å²) < 4.78 is 11.1. The van der Waals surface area contributed by atoms with Crippen LogP contribution < -0.4 is 4.74 Å². The number of carbonyl (C=O) groups excluding carboxylic acids is 1. The van der Waals surface area contributed by atoms with Crippen molar-refractivity contribution in [3.05, 3.63) is 28.2 Å². The van der Waals surface area contributed by atoms with Crippen LogP contribution in [0.25, 0.3) is 0 Å². The summed E-state index contributed by atoms with van der Waals surface area (Å²) in [4.78, 5) is 10.7. The fraction of sp³-hybridized carbons (Fsp3) is 0.364. The highest BCUT2D eigenvalue weighted by Crippen LogP contribution is 2.20. The van der Waals surface area contributed by atoms with Gasteiger partial charge in [0.1, 0.15) is 12.4 Å². The largest absolute Gasteiger partial charge is 0.491 e. The summed E-state index contributed by atoms with van der Waals surface area (Å²) in [6, 6.07) is 5.18. The summed E-state index contributed by atoms with van der Waals surface area (Å²) in [5.41, 5.74) is 0.550. The number of rotatable bonds is 7. The third-order valence-corrected chi connectivity index (χ3v) is 2.55. The predicted molar refractivity (Wildman–Crippen MR) is 62.9 cm³/mol. The quantitative estimate of drug-likeness (QED) is 0.612. The van der Waals surface area contributed by atoms with Gasteiger partial charge in [0.05, 0.1) is 19.8 Å². The van der Waals surface area contributed by atoms with Gasteiger partial charge in [-0.1, -0.05) is 15.9 Å². The van der Waals surface area contributed by atoms with Crippen LogP contribution in [0.2, 0.25) is 0 Å². The molecule has 0 aliphatic heterocycles. The molecule has 1 aromatic rings. The standard InChI is InChI=1S/C11H13BrO4/c12-11-2-1-10(7-9(11)8-14)16-6-5-15-4-3-13/h1-2,7-8,13H,3-6H2. The maximum absolute atomic E-state index is 10.7. The van der Waals surface area contributed by atoms with Gasteiger partial charge in [-0.15, -0.1) is 0 Å². The molecule has 1 rings (SSSR count). The van der Waals surface area contributed by atoms with Gasteiger partial charge in [0.25, 0.3) is 0 Å². The SMILES string of the molecule is O=Cc1cc(OCCOCCO)ccc1Br. The van der Waals surface area contributed by atoms with Gasteiger partial charge < -0.3 is 14.6 Å². The third-order valence-electron chi connectivity index (χ3n) is 1.83. The van der Waals surface area contributed by atoms with Crippen LogP contribution in [0.4, 0.5) is 0 Å². The molecule has 0 bridgehead atoms. The van der Waals surface area contributed by atoms with Gasteiger partial charge >= 0.3 is 0 Å². The number of hydrogen-bond donors (Lipinski definition) is 1. The average Bonchev–Trinajstić information content (AvgIpc) is 2.31. The van der Waals surface area contributed by atoms with E-state index in [1.54, 1.807) is 18.2 Å². The fourth-order valence-electron chi connectivity index (χ4n) is 1.09. The van der Waals surface area contributed by atoms with Crippen molar-refractivity contribution in [2.24, 2.45) is 0 Å². The number of halogens is 1. The first-order valence-electron chi connectivity index (χ1n) is 4.84. The lowest BCUT2D eigenvalue weighted by atomic mass is 10.2. The van der Waals surface area contributed by atoms with E-state index in [0.717, 1.165) is 10.8 Å². The van der Waals surface area contributed by atoms with Crippen LogP contribution in [0.15, 0.2) is 22.7 Å². The second-order valence-electron chi connectivity index (χ2n) is 2.99. The van der Waals surface area contributed by atoms with Gasteiger partial charge in [-0.3, -0.25) is 4.79 Å². The average molecular weight is 289 g/mol. The first kappa shape index (κ1) is 13.2. The summed E-state index contributed by atoms with van der Waals surface area (Å²) >= 11 is 3.25. The Bertz CT molecular complexity index is 341. The molecule has 0 aliphatic rings. The van der Waals surface area contributed by atoms with Gasteiger partial charge in [-0.25, -0.2) is 0 Å². The molecule has 5 heteroatoms. The van der Waals surface area contributed by atoms with Crippen molar-refractivity contribution in [3.8, 4) is 5.75 Å². The van der Waals surface area contributed by atoms with Gasteiger partial charge in [-0.2, -0.15) is 0 Å². The molecule has 0 saturated carbocycles. The fourth-order valence-corrected chi connectivity index (χ4v) is 1.43. The Morgan fingerprint density at radius 3 is 2.81 bits per heavy atom. The van der Waals surface area contributed by atoms with Gasteiger partial charge in [0.2, 0.25) is 0 Å². The number of aldehydes is 1. The highest BCUT2D eigenvalue weighted by molar-refractivity contribution is 9.10. The minimum Gasteiger partial charge on any atom is -0.491 e. The zero-order valence-corrected chi connectivity index (χ0v) is 10.3. The van der Waals surface area contributed by atoms with E-state index >= 15 is 0 Å². The Morgan fingerprint density at radius 2 is 2.12 bits per heavy atom. The molecular weight excluding hydrogens is 276 g/mol.